The molecule has 3 nitrogen and oxygen atoms in total. The molecule has 0 radical (unpaired) electrons. The van der Waals surface area contributed by atoms with Crippen molar-refractivity contribution in [1.29, 1.82) is 0 Å². The van der Waals surface area contributed by atoms with Gasteiger partial charge in [0, 0.05) is 13.1 Å². The monoisotopic (exact) mass is 261 g/mol. The number of carbonyl (C=O) groups is 1. The first-order chi connectivity index (χ1) is 8.93. The lowest BCUT2D eigenvalue weighted by molar-refractivity contribution is -0.144. The van der Waals surface area contributed by atoms with E-state index in [1.165, 1.54) is 16.7 Å². The molecule has 0 atom stereocenters. The zero-order chi connectivity index (χ0) is 14.0. The van der Waals surface area contributed by atoms with Gasteiger partial charge in [0.05, 0.1) is 5.41 Å². The largest absolute Gasteiger partial charge is 0.481 e. The molecular weight excluding hydrogens is 238 g/mol. The summed E-state index contributed by atoms with van der Waals surface area (Å²) in [5, 5.41) is 9.19. The Morgan fingerprint density at radius 1 is 1.37 bits per heavy atom. The first-order valence-electron chi connectivity index (χ1n) is 6.91. The second-order valence-corrected chi connectivity index (χ2v) is 6.00. The summed E-state index contributed by atoms with van der Waals surface area (Å²) in [6.07, 6.45) is 2.64. The van der Waals surface area contributed by atoms with Gasteiger partial charge in [-0.15, -0.1) is 0 Å². The normalized spacial score (nSPS) is 16.6. The highest BCUT2D eigenvalue weighted by Gasteiger charge is 2.50. The fourth-order valence-electron chi connectivity index (χ4n) is 2.57. The number of carboxylic acid groups (broad SMARTS) is 1. The molecule has 19 heavy (non-hydrogen) atoms. The van der Waals surface area contributed by atoms with Gasteiger partial charge in [-0.05, 0) is 51.3 Å². The maximum atomic E-state index is 11.2. The summed E-state index contributed by atoms with van der Waals surface area (Å²) in [6.45, 7) is 5.83. The van der Waals surface area contributed by atoms with Crippen LogP contribution in [0.5, 0.6) is 0 Å². The maximum Gasteiger partial charge on any atom is 0.310 e. The minimum absolute atomic E-state index is 0.448. The molecule has 1 N–H and O–H groups in total. The van der Waals surface area contributed by atoms with Gasteiger partial charge in [-0.2, -0.15) is 0 Å². The molecule has 104 valence electrons. The highest BCUT2D eigenvalue weighted by Crippen LogP contribution is 2.46. The van der Waals surface area contributed by atoms with Gasteiger partial charge in [0.2, 0.25) is 0 Å². The number of rotatable bonds is 6. The summed E-state index contributed by atoms with van der Waals surface area (Å²) in [7, 11) is 2.02. The van der Waals surface area contributed by atoms with Crippen LogP contribution in [-0.2, 0) is 11.2 Å². The molecule has 0 aromatic heterocycles. The number of aliphatic carboxylic acids is 1. The van der Waals surface area contributed by atoms with Gasteiger partial charge < -0.3 is 10.0 Å². The van der Waals surface area contributed by atoms with E-state index in [4.69, 9.17) is 0 Å². The van der Waals surface area contributed by atoms with Crippen LogP contribution >= 0.6 is 0 Å². The third-order valence-electron chi connectivity index (χ3n) is 4.15. The lowest BCUT2D eigenvalue weighted by Gasteiger charge is -2.21. The van der Waals surface area contributed by atoms with Crippen LogP contribution in [0.4, 0.5) is 0 Å². The van der Waals surface area contributed by atoms with Crippen molar-refractivity contribution in [1.82, 2.24) is 4.90 Å². The second-order valence-electron chi connectivity index (χ2n) is 6.00. The number of likely N-dealkylation sites (N-methyl/N-ethyl adjacent to an activating group) is 1. The minimum atomic E-state index is -0.633. The van der Waals surface area contributed by atoms with Crippen molar-refractivity contribution in [3.8, 4) is 0 Å². The smallest absolute Gasteiger partial charge is 0.310 e. The van der Waals surface area contributed by atoms with Crippen LogP contribution in [0.15, 0.2) is 18.2 Å². The van der Waals surface area contributed by atoms with E-state index in [1.807, 2.05) is 7.05 Å². The van der Waals surface area contributed by atoms with Crippen molar-refractivity contribution < 1.29 is 9.90 Å². The topological polar surface area (TPSA) is 40.5 Å². The minimum Gasteiger partial charge on any atom is -0.481 e. The Balaban J connectivity index is 1.88. The Labute approximate surface area is 115 Å². The van der Waals surface area contributed by atoms with Crippen LogP contribution in [0.3, 0.4) is 0 Å². The molecule has 0 heterocycles. The number of hydrogen-bond acceptors (Lipinski definition) is 2. The van der Waals surface area contributed by atoms with E-state index < -0.39 is 11.4 Å². The summed E-state index contributed by atoms with van der Waals surface area (Å²) in [5.41, 5.74) is 3.52. The van der Waals surface area contributed by atoms with E-state index in [0.29, 0.717) is 6.54 Å². The number of aryl methyl sites for hydroxylation is 2. The number of nitrogens with zero attached hydrogens (tertiary/aromatic N) is 1. The van der Waals surface area contributed by atoms with Gasteiger partial charge in [0.1, 0.15) is 0 Å². The molecule has 3 heteroatoms. The molecule has 0 spiro atoms. The molecule has 0 aliphatic heterocycles. The molecule has 1 aliphatic carbocycles. The molecule has 1 aromatic carbocycles. The molecule has 0 amide bonds. The Bertz CT molecular complexity index is 478. The van der Waals surface area contributed by atoms with Gasteiger partial charge in [-0.3, -0.25) is 4.79 Å². The quantitative estimate of drug-likeness (QED) is 0.856. The Morgan fingerprint density at radius 2 is 2.05 bits per heavy atom. The van der Waals surface area contributed by atoms with E-state index in [9.17, 15) is 9.90 Å². The summed E-state index contributed by atoms with van der Waals surface area (Å²) < 4.78 is 0. The van der Waals surface area contributed by atoms with Crippen LogP contribution in [0.2, 0.25) is 0 Å². The zero-order valence-corrected chi connectivity index (χ0v) is 12.1. The molecule has 1 fully saturated rings. The van der Waals surface area contributed by atoms with Crippen LogP contribution in [0.1, 0.15) is 29.5 Å². The Hall–Kier alpha value is -1.35. The van der Waals surface area contributed by atoms with Crippen LogP contribution in [0.25, 0.3) is 0 Å². The lowest BCUT2D eigenvalue weighted by Crippen LogP contribution is -2.33. The first kappa shape index (κ1) is 14.1. The number of hydrogen-bond donors (Lipinski definition) is 1. The van der Waals surface area contributed by atoms with E-state index >= 15 is 0 Å². The van der Waals surface area contributed by atoms with E-state index in [1.54, 1.807) is 0 Å². The van der Waals surface area contributed by atoms with Crippen LogP contribution in [0, 0.1) is 19.3 Å². The third-order valence-corrected chi connectivity index (χ3v) is 4.15. The predicted molar refractivity (Wildman–Crippen MR) is 76.4 cm³/mol. The van der Waals surface area contributed by atoms with Crippen molar-refractivity contribution in [3.05, 3.63) is 34.9 Å². The Morgan fingerprint density at radius 3 is 2.63 bits per heavy atom. The van der Waals surface area contributed by atoms with Crippen molar-refractivity contribution >= 4 is 5.97 Å². The average Bonchev–Trinajstić information content (AvgIpc) is 3.11. The summed E-state index contributed by atoms with van der Waals surface area (Å²) in [5.74, 6) is -0.633. The number of benzene rings is 1. The summed E-state index contributed by atoms with van der Waals surface area (Å²) in [4.78, 5) is 13.3. The van der Waals surface area contributed by atoms with Crippen LogP contribution < -0.4 is 0 Å². The van der Waals surface area contributed by atoms with Crippen molar-refractivity contribution in [2.75, 3.05) is 20.1 Å². The van der Waals surface area contributed by atoms with Crippen molar-refractivity contribution in [3.63, 3.8) is 0 Å². The molecule has 2 rings (SSSR count). The maximum absolute atomic E-state index is 11.2. The first-order valence-corrected chi connectivity index (χ1v) is 6.91. The van der Waals surface area contributed by atoms with Gasteiger partial charge in [0.15, 0.2) is 0 Å². The number of carboxylic acids is 1. The average molecular weight is 261 g/mol. The molecular formula is C16H23NO2. The third kappa shape index (κ3) is 3.35. The van der Waals surface area contributed by atoms with Gasteiger partial charge in [0.25, 0.3) is 0 Å². The Kier molecular flexibility index (Phi) is 3.95. The molecule has 0 unspecified atom stereocenters. The molecule has 1 saturated carbocycles. The molecule has 1 aromatic rings. The molecule has 0 saturated heterocycles. The highest BCUT2D eigenvalue weighted by molar-refractivity contribution is 5.78. The SMILES string of the molecule is Cc1ccc(C)c(CCN(C)CC2(C(=O)O)CC2)c1. The second kappa shape index (κ2) is 5.33. The lowest BCUT2D eigenvalue weighted by atomic mass is 10.0. The highest BCUT2D eigenvalue weighted by atomic mass is 16.4. The standard InChI is InChI=1S/C16H23NO2/c1-12-4-5-13(2)14(10-12)6-9-17(3)11-16(7-8-16)15(18)19/h4-5,10H,6-9,11H2,1-3H3,(H,18,19). The van der Waals surface area contributed by atoms with Crippen molar-refractivity contribution in [2.45, 2.75) is 33.1 Å². The van der Waals surface area contributed by atoms with Gasteiger partial charge >= 0.3 is 5.97 Å². The van der Waals surface area contributed by atoms with Gasteiger partial charge in [-0.1, -0.05) is 23.8 Å². The van der Waals surface area contributed by atoms with E-state index in [-0.39, 0.29) is 0 Å². The van der Waals surface area contributed by atoms with E-state index in [0.717, 1.165) is 25.8 Å². The molecule has 1 aliphatic rings. The fourth-order valence-corrected chi connectivity index (χ4v) is 2.57. The van der Waals surface area contributed by atoms with Gasteiger partial charge in [-0.25, -0.2) is 0 Å². The zero-order valence-electron chi connectivity index (χ0n) is 12.1. The molecule has 0 bridgehead atoms. The van der Waals surface area contributed by atoms with E-state index in [2.05, 4.69) is 36.9 Å². The predicted octanol–water partition coefficient (Wildman–Crippen LogP) is 2.64. The fraction of sp³-hybridized carbons (Fsp3) is 0.562. The van der Waals surface area contributed by atoms with Crippen LogP contribution in [-0.4, -0.2) is 36.1 Å². The summed E-state index contributed by atoms with van der Waals surface area (Å²) in [6, 6.07) is 6.52. The summed E-state index contributed by atoms with van der Waals surface area (Å²) >= 11 is 0. The van der Waals surface area contributed by atoms with Crippen molar-refractivity contribution in [2.24, 2.45) is 5.41 Å².